The van der Waals surface area contributed by atoms with E-state index in [2.05, 4.69) is 4.90 Å². The summed E-state index contributed by atoms with van der Waals surface area (Å²) in [7, 11) is -0.291. The Balaban J connectivity index is 2.20. The molecule has 2 heterocycles. The lowest BCUT2D eigenvalue weighted by molar-refractivity contribution is -0.383. The quantitative estimate of drug-likeness (QED) is 0.634. The van der Waals surface area contributed by atoms with Gasteiger partial charge in [-0.25, -0.2) is 8.42 Å². The van der Waals surface area contributed by atoms with Crippen LogP contribution in [0.3, 0.4) is 0 Å². The Bertz CT molecular complexity index is 643. The number of thiophene rings is 1. The molecule has 0 spiro atoms. The summed E-state index contributed by atoms with van der Waals surface area (Å²) in [5.74, 6) is 0. The van der Waals surface area contributed by atoms with Crippen LogP contribution in [0.15, 0.2) is 10.3 Å². The lowest BCUT2D eigenvalue weighted by Gasteiger charge is -2.24. The molecule has 0 bridgehead atoms. The third kappa shape index (κ3) is 3.18. The summed E-state index contributed by atoms with van der Waals surface area (Å²) >= 11 is 0.730. The first kappa shape index (κ1) is 16.1. The first-order valence-corrected chi connectivity index (χ1v) is 8.69. The Morgan fingerprint density at radius 1 is 1.62 bits per heavy atom. The highest BCUT2D eigenvalue weighted by molar-refractivity contribution is 7.91. The van der Waals surface area contributed by atoms with Gasteiger partial charge in [0, 0.05) is 25.7 Å². The van der Waals surface area contributed by atoms with Crippen molar-refractivity contribution < 1.29 is 13.3 Å². The number of rotatable bonds is 5. The Hall–Kier alpha value is -1.23. The van der Waals surface area contributed by atoms with Crippen molar-refractivity contribution in [2.45, 2.75) is 23.1 Å². The van der Waals surface area contributed by atoms with E-state index in [0.29, 0.717) is 6.54 Å². The molecule has 1 aromatic rings. The molecule has 1 aliphatic heterocycles. The molecule has 10 heteroatoms. The van der Waals surface area contributed by atoms with Crippen molar-refractivity contribution in [3.8, 4) is 0 Å². The van der Waals surface area contributed by atoms with Crippen molar-refractivity contribution in [2.24, 2.45) is 0 Å². The molecule has 21 heavy (non-hydrogen) atoms. The molecule has 2 rings (SSSR count). The minimum absolute atomic E-state index is 0.0881. The van der Waals surface area contributed by atoms with Crippen LogP contribution in [0.1, 0.15) is 12.8 Å². The molecule has 1 aromatic heterocycles. The molecule has 2 N–H and O–H groups in total. The van der Waals surface area contributed by atoms with Crippen molar-refractivity contribution in [3.05, 3.63) is 16.2 Å². The van der Waals surface area contributed by atoms with Crippen LogP contribution in [-0.2, 0) is 10.0 Å². The maximum Gasteiger partial charge on any atom is 0.304 e. The maximum atomic E-state index is 12.5. The number of sulfonamides is 1. The van der Waals surface area contributed by atoms with Crippen LogP contribution < -0.4 is 5.73 Å². The fourth-order valence-electron chi connectivity index (χ4n) is 2.40. The summed E-state index contributed by atoms with van der Waals surface area (Å²) in [4.78, 5) is 12.2. The minimum atomic E-state index is -3.74. The third-order valence-electron chi connectivity index (χ3n) is 3.72. The average Bonchev–Trinajstić information content (AvgIpc) is 2.96. The number of likely N-dealkylation sites (N-methyl/N-ethyl adjacent to an activating group) is 2. The fraction of sp³-hybridized carbons (Fsp3) is 0.636. The van der Waals surface area contributed by atoms with Gasteiger partial charge in [-0.15, -0.1) is 0 Å². The monoisotopic (exact) mass is 334 g/mol. The largest absolute Gasteiger partial charge is 0.385 e. The number of nitro groups is 1. The topological polar surface area (TPSA) is 110 Å². The predicted molar refractivity (Wildman–Crippen MR) is 80.9 cm³/mol. The van der Waals surface area contributed by atoms with E-state index in [1.54, 1.807) is 0 Å². The summed E-state index contributed by atoms with van der Waals surface area (Å²) < 4.78 is 26.1. The summed E-state index contributed by atoms with van der Waals surface area (Å²) in [6.07, 6.45) is 2.00. The van der Waals surface area contributed by atoms with Crippen molar-refractivity contribution in [1.29, 1.82) is 0 Å². The zero-order valence-corrected chi connectivity index (χ0v) is 13.5. The molecule has 1 saturated heterocycles. The van der Waals surface area contributed by atoms with Crippen molar-refractivity contribution >= 4 is 32.0 Å². The van der Waals surface area contributed by atoms with Crippen LogP contribution in [0.5, 0.6) is 0 Å². The van der Waals surface area contributed by atoms with Crippen LogP contribution in [0, 0.1) is 10.1 Å². The SMILES string of the molecule is CN1CCCC1CN(C)S(=O)(=O)c1cc([N+](=O)[O-])c(N)s1. The van der Waals surface area contributed by atoms with E-state index in [1.807, 2.05) is 7.05 Å². The summed E-state index contributed by atoms with van der Waals surface area (Å²) in [5, 5.41) is 10.7. The van der Waals surface area contributed by atoms with E-state index >= 15 is 0 Å². The highest BCUT2D eigenvalue weighted by atomic mass is 32.2. The van der Waals surface area contributed by atoms with Crippen LogP contribution in [0.2, 0.25) is 0 Å². The van der Waals surface area contributed by atoms with E-state index in [1.165, 1.54) is 11.4 Å². The van der Waals surface area contributed by atoms with Crippen LogP contribution >= 0.6 is 11.3 Å². The zero-order valence-electron chi connectivity index (χ0n) is 11.9. The Kier molecular flexibility index (Phi) is 4.51. The van der Waals surface area contributed by atoms with Gasteiger partial charge in [-0.2, -0.15) is 4.31 Å². The number of nitrogens with zero attached hydrogens (tertiary/aromatic N) is 3. The van der Waals surface area contributed by atoms with Gasteiger partial charge >= 0.3 is 5.69 Å². The van der Waals surface area contributed by atoms with Gasteiger partial charge in [0.05, 0.1) is 4.92 Å². The first-order valence-electron chi connectivity index (χ1n) is 6.43. The summed E-state index contributed by atoms with van der Waals surface area (Å²) in [6.45, 7) is 1.32. The molecular formula is C11H18N4O4S2. The van der Waals surface area contributed by atoms with Gasteiger partial charge < -0.3 is 10.6 Å². The van der Waals surface area contributed by atoms with Gasteiger partial charge in [-0.3, -0.25) is 10.1 Å². The number of nitrogen functional groups attached to an aromatic ring is 1. The molecule has 0 aliphatic carbocycles. The lowest BCUT2D eigenvalue weighted by Crippen LogP contribution is -2.39. The second-order valence-electron chi connectivity index (χ2n) is 5.13. The van der Waals surface area contributed by atoms with E-state index < -0.39 is 14.9 Å². The van der Waals surface area contributed by atoms with E-state index in [9.17, 15) is 18.5 Å². The molecule has 1 atom stereocenters. The summed E-state index contributed by atoms with van der Waals surface area (Å²) in [5.41, 5.74) is 5.15. The van der Waals surface area contributed by atoms with Gasteiger partial charge in [0.1, 0.15) is 4.21 Å². The third-order valence-corrected chi connectivity index (χ3v) is 6.94. The zero-order chi connectivity index (χ0) is 15.8. The lowest BCUT2D eigenvalue weighted by atomic mass is 10.2. The van der Waals surface area contributed by atoms with Crippen LogP contribution in [0.4, 0.5) is 10.7 Å². The average molecular weight is 334 g/mol. The maximum absolute atomic E-state index is 12.5. The van der Waals surface area contributed by atoms with E-state index in [-0.39, 0.29) is 20.9 Å². The number of nitrogens with two attached hydrogens (primary N) is 1. The number of hydrogen-bond acceptors (Lipinski definition) is 7. The van der Waals surface area contributed by atoms with Crippen LogP contribution in [-0.4, -0.2) is 55.8 Å². The normalized spacial score (nSPS) is 20.2. The number of anilines is 1. The minimum Gasteiger partial charge on any atom is -0.385 e. The molecule has 0 amide bonds. The molecule has 0 aromatic carbocycles. The molecule has 118 valence electrons. The smallest absolute Gasteiger partial charge is 0.304 e. The van der Waals surface area contributed by atoms with Gasteiger partial charge in [-0.05, 0) is 26.4 Å². The molecule has 1 unspecified atom stereocenters. The molecule has 0 saturated carbocycles. The highest BCUT2D eigenvalue weighted by Gasteiger charge is 2.31. The molecule has 1 fully saturated rings. The Labute approximate surface area is 127 Å². The second-order valence-corrected chi connectivity index (χ2v) is 8.49. The summed E-state index contributed by atoms with van der Waals surface area (Å²) in [6, 6.07) is 1.21. The van der Waals surface area contributed by atoms with Crippen LogP contribution in [0.25, 0.3) is 0 Å². The van der Waals surface area contributed by atoms with Crippen molar-refractivity contribution in [3.63, 3.8) is 0 Å². The standard InChI is InChI=1S/C11H18N4O4S2/c1-13-5-3-4-8(13)7-14(2)21(18,19)10-6-9(15(16)17)11(12)20-10/h6,8H,3-5,7,12H2,1-2H3. The van der Waals surface area contributed by atoms with E-state index in [4.69, 9.17) is 5.73 Å². The van der Waals surface area contributed by atoms with Crippen molar-refractivity contribution in [1.82, 2.24) is 9.21 Å². The Morgan fingerprint density at radius 3 is 2.76 bits per heavy atom. The van der Waals surface area contributed by atoms with Gasteiger partial charge in [0.2, 0.25) is 0 Å². The predicted octanol–water partition coefficient (Wildman–Crippen LogP) is 0.953. The second kappa shape index (κ2) is 5.87. The molecule has 1 aliphatic rings. The van der Waals surface area contributed by atoms with Gasteiger partial charge in [-0.1, -0.05) is 11.3 Å². The van der Waals surface area contributed by atoms with Gasteiger partial charge in [0.25, 0.3) is 10.0 Å². The molecule has 8 nitrogen and oxygen atoms in total. The fourth-order valence-corrected chi connectivity index (χ4v) is 5.03. The van der Waals surface area contributed by atoms with Crippen molar-refractivity contribution in [2.75, 3.05) is 32.9 Å². The number of likely N-dealkylation sites (tertiary alicyclic amines) is 1. The first-order chi connectivity index (χ1) is 9.73. The van der Waals surface area contributed by atoms with Gasteiger partial charge in [0.15, 0.2) is 5.00 Å². The Morgan fingerprint density at radius 2 is 2.29 bits per heavy atom. The molecular weight excluding hydrogens is 316 g/mol. The molecule has 0 radical (unpaired) electrons. The highest BCUT2D eigenvalue weighted by Crippen LogP contribution is 2.35. The number of hydrogen-bond donors (Lipinski definition) is 1. The van der Waals surface area contributed by atoms with E-state index in [0.717, 1.165) is 36.8 Å².